The largest absolute Gasteiger partial charge is 0.479 e. The second-order valence-corrected chi connectivity index (χ2v) is 7.65. The Bertz CT molecular complexity index is 1130. The average Bonchev–Trinajstić information content (AvgIpc) is 2.97. The molecule has 4 rings (SSSR count). The molecular formula is C20H13N3O3S2. The number of amides is 1. The molecule has 2 aromatic carbocycles. The van der Waals surface area contributed by atoms with E-state index in [4.69, 9.17) is 12.2 Å². The van der Waals surface area contributed by atoms with Crippen LogP contribution in [0.3, 0.4) is 0 Å². The quantitative estimate of drug-likeness (QED) is 0.522. The zero-order valence-electron chi connectivity index (χ0n) is 14.4. The van der Waals surface area contributed by atoms with Crippen LogP contribution in [0.2, 0.25) is 0 Å². The standard InChI is InChI=1S/C20H13N3O3S2/c24-18-15(11-13-7-4-8-14-16(13)22-10-9-21-14)28-20(27)23(18)17(19(25)26)12-5-2-1-3-6-12/h1-11,17H,(H,25,26). The molecule has 1 fully saturated rings. The molecule has 1 amide bonds. The van der Waals surface area contributed by atoms with Gasteiger partial charge in [0.15, 0.2) is 6.04 Å². The molecule has 1 atom stereocenters. The van der Waals surface area contributed by atoms with Crippen LogP contribution in [0, 0.1) is 0 Å². The third-order valence-corrected chi connectivity index (χ3v) is 5.58. The lowest BCUT2D eigenvalue weighted by molar-refractivity contribution is -0.145. The van der Waals surface area contributed by atoms with Crippen LogP contribution in [-0.2, 0) is 9.59 Å². The molecule has 0 radical (unpaired) electrons. The number of para-hydroxylation sites is 1. The summed E-state index contributed by atoms with van der Waals surface area (Å²) in [6, 6.07) is 12.9. The number of hydrogen-bond acceptors (Lipinski definition) is 6. The van der Waals surface area contributed by atoms with Gasteiger partial charge in [-0.1, -0.05) is 66.4 Å². The molecule has 1 saturated heterocycles. The first-order chi connectivity index (χ1) is 13.6. The van der Waals surface area contributed by atoms with Gasteiger partial charge >= 0.3 is 5.97 Å². The summed E-state index contributed by atoms with van der Waals surface area (Å²) in [5, 5.41) is 9.74. The summed E-state index contributed by atoms with van der Waals surface area (Å²) in [5.74, 6) is -1.58. The van der Waals surface area contributed by atoms with E-state index in [9.17, 15) is 14.7 Å². The fraction of sp³-hybridized carbons (Fsp3) is 0.0500. The molecule has 28 heavy (non-hydrogen) atoms. The molecule has 0 saturated carbocycles. The number of carboxylic acids is 1. The highest BCUT2D eigenvalue weighted by molar-refractivity contribution is 8.26. The summed E-state index contributed by atoms with van der Waals surface area (Å²) >= 11 is 6.42. The van der Waals surface area contributed by atoms with Gasteiger partial charge in [0, 0.05) is 18.0 Å². The number of rotatable bonds is 4. The second-order valence-electron chi connectivity index (χ2n) is 5.97. The summed E-state index contributed by atoms with van der Waals surface area (Å²) < 4.78 is 0.207. The van der Waals surface area contributed by atoms with Crippen LogP contribution in [0.5, 0.6) is 0 Å². The first-order valence-electron chi connectivity index (χ1n) is 8.31. The van der Waals surface area contributed by atoms with Crippen LogP contribution in [-0.4, -0.2) is 36.2 Å². The van der Waals surface area contributed by atoms with Crippen molar-refractivity contribution >= 4 is 57.3 Å². The number of benzene rings is 2. The van der Waals surface area contributed by atoms with Crippen LogP contribution in [0.15, 0.2) is 65.8 Å². The number of thioether (sulfide) groups is 1. The minimum absolute atomic E-state index is 0.207. The van der Waals surface area contributed by atoms with Gasteiger partial charge in [0.25, 0.3) is 5.91 Å². The van der Waals surface area contributed by atoms with Gasteiger partial charge < -0.3 is 5.11 Å². The predicted molar refractivity (Wildman–Crippen MR) is 111 cm³/mol. The fourth-order valence-electron chi connectivity index (χ4n) is 3.01. The smallest absolute Gasteiger partial charge is 0.331 e. The second kappa shape index (κ2) is 7.49. The lowest BCUT2D eigenvalue weighted by Crippen LogP contribution is -2.37. The zero-order valence-corrected chi connectivity index (χ0v) is 16.0. The number of aliphatic carboxylic acids is 1. The van der Waals surface area contributed by atoms with Crippen molar-refractivity contribution in [2.24, 2.45) is 0 Å². The highest BCUT2D eigenvalue weighted by Gasteiger charge is 2.41. The molecule has 1 aromatic heterocycles. The van der Waals surface area contributed by atoms with Crippen molar-refractivity contribution in [1.29, 1.82) is 0 Å². The normalized spacial score (nSPS) is 16.7. The fourth-order valence-corrected chi connectivity index (χ4v) is 4.32. The Morgan fingerprint density at radius 3 is 2.61 bits per heavy atom. The zero-order chi connectivity index (χ0) is 19.7. The van der Waals surface area contributed by atoms with Crippen molar-refractivity contribution in [1.82, 2.24) is 14.9 Å². The van der Waals surface area contributed by atoms with E-state index in [-0.39, 0.29) is 4.32 Å². The maximum atomic E-state index is 13.0. The Balaban J connectivity index is 1.74. The molecule has 1 aliphatic rings. The molecule has 0 aliphatic carbocycles. The lowest BCUT2D eigenvalue weighted by Gasteiger charge is -2.23. The van der Waals surface area contributed by atoms with Gasteiger partial charge in [0.2, 0.25) is 0 Å². The molecule has 0 spiro atoms. The molecule has 3 aromatic rings. The highest BCUT2D eigenvalue weighted by Crippen LogP contribution is 2.38. The molecule has 8 heteroatoms. The number of carbonyl (C=O) groups is 2. The molecule has 1 unspecified atom stereocenters. The molecule has 138 valence electrons. The minimum Gasteiger partial charge on any atom is -0.479 e. The van der Waals surface area contributed by atoms with Crippen molar-refractivity contribution in [3.8, 4) is 0 Å². The summed E-state index contributed by atoms with van der Waals surface area (Å²) in [5.41, 5.74) is 2.58. The average molecular weight is 407 g/mol. The van der Waals surface area contributed by atoms with Gasteiger partial charge in [-0.15, -0.1) is 0 Å². The molecule has 1 aliphatic heterocycles. The van der Waals surface area contributed by atoms with E-state index >= 15 is 0 Å². The predicted octanol–water partition coefficient (Wildman–Crippen LogP) is 3.66. The highest BCUT2D eigenvalue weighted by atomic mass is 32.2. The number of carboxylic acid groups (broad SMARTS) is 1. The van der Waals surface area contributed by atoms with Gasteiger partial charge in [-0.05, 0) is 17.7 Å². The van der Waals surface area contributed by atoms with E-state index in [2.05, 4.69) is 9.97 Å². The van der Waals surface area contributed by atoms with Crippen LogP contribution >= 0.6 is 24.0 Å². The molecule has 1 N–H and O–H groups in total. The summed E-state index contributed by atoms with van der Waals surface area (Å²) in [7, 11) is 0. The molecule has 6 nitrogen and oxygen atoms in total. The number of thiocarbonyl (C=S) groups is 1. The Kier molecular flexibility index (Phi) is 4.89. The van der Waals surface area contributed by atoms with E-state index in [0.29, 0.717) is 21.5 Å². The van der Waals surface area contributed by atoms with E-state index < -0.39 is 17.9 Å². The van der Waals surface area contributed by atoms with Gasteiger partial charge in [0.05, 0.1) is 15.9 Å². The maximum Gasteiger partial charge on any atom is 0.331 e. The molecule has 2 heterocycles. The Morgan fingerprint density at radius 1 is 1.11 bits per heavy atom. The van der Waals surface area contributed by atoms with Crippen LogP contribution in [0.1, 0.15) is 17.2 Å². The molecular weight excluding hydrogens is 394 g/mol. The summed E-state index contributed by atoms with van der Waals surface area (Å²) in [4.78, 5) is 35.0. The topological polar surface area (TPSA) is 83.4 Å². The monoisotopic (exact) mass is 407 g/mol. The van der Waals surface area contributed by atoms with E-state index in [1.54, 1.807) is 48.8 Å². The third kappa shape index (κ3) is 3.28. The minimum atomic E-state index is -1.17. The van der Waals surface area contributed by atoms with Crippen LogP contribution in [0.4, 0.5) is 0 Å². The van der Waals surface area contributed by atoms with E-state index in [0.717, 1.165) is 22.2 Å². The SMILES string of the molecule is O=C(O)C(c1ccccc1)N1C(=O)C(=Cc2cccc3nccnc23)SC1=S. The number of fused-ring (bicyclic) bond motifs is 1. The summed E-state index contributed by atoms with van der Waals surface area (Å²) in [6.45, 7) is 0. The Morgan fingerprint density at radius 2 is 1.86 bits per heavy atom. The van der Waals surface area contributed by atoms with Crippen molar-refractivity contribution < 1.29 is 14.7 Å². The number of carbonyl (C=O) groups excluding carboxylic acids is 1. The molecule has 0 bridgehead atoms. The van der Waals surface area contributed by atoms with E-state index in [1.165, 1.54) is 0 Å². The van der Waals surface area contributed by atoms with Crippen LogP contribution < -0.4 is 0 Å². The first-order valence-corrected chi connectivity index (χ1v) is 9.53. The van der Waals surface area contributed by atoms with Gasteiger partial charge in [0.1, 0.15) is 4.32 Å². The van der Waals surface area contributed by atoms with Gasteiger partial charge in [-0.2, -0.15) is 0 Å². The number of nitrogens with zero attached hydrogens (tertiary/aromatic N) is 3. The van der Waals surface area contributed by atoms with Gasteiger partial charge in [-0.25, -0.2) is 4.79 Å². The van der Waals surface area contributed by atoms with Crippen LogP contribution in [0.25, 0.3) is 17.1 Å². The summed E-state index contributed by atoms with van der Waals surface area (Å²) in [6.07, 6.45) is 4.86. The maximum absolute atomic E-state index is 13.0. The van der Waals surface area contributed by atoms with Gasteiger partial charge in [-0.3, -0.25) is 19.7 Å². The van der Waals surface area contributed by atoms with Crippen molar-refractivity contribution in [2.45, 2.75) is 6.04 Å². The lowest BCUT2D eigenvalue weighted by atomic mass is 10.1. The van der Waals surface area contributed by atoms with Crippen molar-refractivity contribution in [3.63, 3.8) is 0 Å². The Hall–Kier alpha value is -3.10. The van der Waals surface area contributed by atoms with Crippen molar-refractivity contribution in [2.75, 3.05) is 0 Å². The third-order valence-electron chi connectivity index (χ3n) is 4.25. The Labute approximate surface area is 169 Å². The van der Waals surface area contributed by atoms with Crippen molar-refractivity contribution in [3.05, 3.63) is 77.0 Å². The number of hydrogen-bond donors (Lipinski definition) is 1. The number of aromatic nitrogens is 2. The van der Waals surface area contributed by atoms with E-state index in [1.807, 2.05) is 18.2 Å². The first kappa shape index (κ1) is 18.3.